The maximum absolute atomic E-state index is 13.0. The highest BCUT2D eigenvalue weighted by Crippen LogP contribution is 2.26. The molecule has 0 unspecified atom stereocenters. The van der Waals surface area contributed by atoms with Crippen molar-refractivity contribution >= 4 is 5.91 Å². The Bertz CT molecular complexity index is 1100. The summed E-state index contributed by atoms with van der Waals surface area (Å²) in [6.07, 6.45) is 7.94. The summed E-state index contributed by atoms with van der Waals surface area (Å²) in [4.78, 5) is 38.7. The van der Waals surface area contributed by atoms with Crippen LogP contribution in [0.4, 0.5) is 0 Å². The SMILES string of the molecule is O=C(c1cc2c([nH]c1=O)CCCC2)N1CCc2oc(-c3cccnc3)nc2C1. The molecule has 1 N–H and O–H groups in total. The van der Waals surface area contributed by atoms with Gasteiger partial charge >= 0.3 is 0 Å². The lowest BCUT2D eigenvalue weighted by Gasteiger charge is -2.25. The first kappa shape index (κ1) is 16.9. The number of hydrogen-bond acceptors (Lipinski definition) is 5. The average molecular weight is 376 g/mol. The minimum atomic E-state index is -0.298. The Balaban J connectivity index is 1.41. The van der Waals surface area contributed by atoms with Crippen molar-refractivity contribution in [1.29, 1.82) is 0 Å². The monoisotopic (exact) mass is 376 g/mol. The smallest absolute Gasteiger partial charge is 0.261 e. The fourth-order valence-electron chi connectivity index (χ4n) is 3.99. The van der Waals surface area contributed by atoms with Gasteiger partial charge in [0.15, 0.2) is 0 Å². The molecule has 7 heteroatoms. The van der Waals surface area contributed by atoms with Gasteiger partial charge in [-0.25, -0.2) is 4.98 Å². The highest BCUT2D eigenvalue weighted by molar-refractivity contribution is 5.94. The van der Waals surface area contributed by atoms with Gasteiger partial charge in [0.1, 0.15) is 17.0 Å². The fourth-order valence-corrected chi connectivity index (χ4v) is 3.99. The number of pyridine rings is 2. The number of aromatic amines is 1. The first-order chi connectivity index (χ1) is 13.7. The summed E-state index contributed by atoms with van der Waals surface area (Å²) in [5.41, 5.74) is 3.54. The predicted octanol–water partition coefficient (Wildman–Crippen LogP) is 2.50. The first-order valence-corrected chi connectivity index (χ1v) is 9.62. The van der Waals surface area contributed by atoms with Crippen LogP contribution in [0, 0.1) is 0 Å². The van der Waals surface area contributed by atoms with E-state index in [4.69, 9.17) is 4.42 Å². The van der Waals surface area contributed by atoms with Gasteiger partial charge in [-0.2, -0.15) is 0 Å². The summed E-state index contributed by atoms with van der Waals surface area (Å²) < 4.78 is 5.87. The van der Waals surface area contributed by atoms with Gasteiger partial charge in [0.2, 0.25) is 5.89 Å². The van der Waals surface area contributed by atoms with Gasteiger partial charge in [-0.05, 0) is 49.4 Å². The minimum absolute atomic E-state index is 0.222. The molecule has 4 heterocycles. The van der Waals surface area contributed by atoms with Crippen LogP contribution in [0.5, 0.6) is 0 Å². The zero-order valence-electron chi connectivity index (χ0n) is 15.4. The van der Waals surface area contributed by atoms with E-state index in [0.717, 1.165) is 54.0 Å². The Morgan fingerprint density at radius 2 is 2.11 bits per heavy atom. The molecule has 0 spiro atoms. The van der Waals surface area contributed by atoms with Crippen molar-refractivity contribution in [3.63, 3.8) is 0 Å². The Morgan fingerprint density at radius 3 is 2.96 bits per heavy atom. The number of carbonyl (C=O) groups is 1. The van der Waals surface area contributed by atoms with Crippen molar-refractivity contribution in [3.05, 3.63) is 69.2 Å². The van der Waals surface area contributed by atoms with Crippen molar-refractivity contribution in [2.24, 2.45) is 0 Å². The van der Waals surface area contributed by atoms with Crippen LogP contribution in [0.1, 0.15) is 45.9 Å². The van der Waals surface area contributed by atoms with Crippen molar-refractivity contribution < 1.29 is 9.21 Å². The first-order valence-electron chi connectivity index (χ1n) is 9.62. The third-order valence-corrected chi connectivity index (χ3v) is 5.49. The number of nitrogens with zero attached hydrogens (tertiary/aromatic N) is 3. The van der Waals surface area contributed by atoms with E-state index < -0.39 is 0 Å². The van der Waals surface area contributed by atoms with Crippen LogP contribution in [0.3, 0.4) is 0 Å². The number of oxazole rings is 1. The highest BCUT2D eigenvalue weighted by atomic mass is 16.4. The second-order valence-corrected chi connectivity index (χ2v) is 7.33. The fraction of sp³-hybridized carbons (Fsp3) is 0.333. The third kappa shape index (κ3) is 2.93. The normalized spacial score (nSPS) is 15.8. The Kier molecular flexibility index (Phi) is 4.07. The lowest BCUT2D eigenvalue weighted by atomic mass is 9.94. The van der Waals surface area contributed by atoms with Crippen molar-refractivity contribution in [2.75, 3.05) is 6.54 Å². The molecule has 7 nitrogen and oxygen atoms in total. The van der Waals surface area contributed by atoms with Crippen LogP contribution >= 0.6 is 0 Å². The van der Waals surface area contributed by atoms with Gasteiger partial charge in [-0.3, -0.25) is 14.6 Å². The lowest BCUT2D eigenvalue weighted by molar-refractivity contribution is 0.0726. The number of aryl methyl sites for hydroxylation is 2. The molecular formula is C21H20N4O3. The topological polar surface area (TPSA) is 92.1 Å². The van der Waals surface area contributed by atoms with E-state index in [-0.39, 0.29) is 17.0 Å². The standard InChI is InChI=1S/C21H20N4O3/c26-19-15(10-13-4-1-2-6-16(13)23-19)21(27)25-9-7-18-17(12-25)24-20(28-18)14-5-3-8-22-11-14/h3,5,8,10-11H,1-2,4,6-7,9,12H2,(H,23,26). The van der Waals surface area contributed by atoms with E-state index in [1.54, 1.807) is 23.4 Å². The van der Waals surface area contributed by atoms with Gasteiger partial charge < -0.3 is 14.3 Å². The summed E-state index contributed by atoms with van der Waals surface area (Å²) in [7, 11) is 0. The predicted molar refractivity (Wildman–Crippen MR) is 102 cm³/mol. The summed E-state index contributed by atoms with van der Waals surface area (Å²) in [5, 5.41) is 0. The highest BCUT2D eigenvalue weighted by Gasteiger charge is 2.28. The average Bonchev–Trinajstić information content (AvgIpc) is 3.17. The van der Waals surface area contributed by atoms with Gasteiger partial charge in [0.25, 0.3) is 11.5 Å². The molecular weight excluding hydrogens is 356 g/mol. The van der Waals surface area contributed by atoms with Crippen LogP contribution < -0.4 is 5.56 Å². The Labute approximate surface area is 161 Å². The second-order valence-electron chi connectivity index (χ2n) is 7.33. The summed E-state index contributed by atoms with van der Waals surface area (Å²) >= 11 is 0. The van der Waals surface area contributed by atoms with Crippen LogP contribution in [0.2, 0.25) is 0 Å². The molecule has 0 radical (unpaired) electrons. The molecule has 0 saturated carbocycles. The zero-order valence-corrected chi connectivity index (χ0v) is 15.4. The largest absolute Gasteiger partial charge is 0.441 e. The molecule has 3 aromatic rings. The maximum Gasteiger partial charge on any atom is 0.261 e. The lowest BCUT2D eigenvalue weighted by Crippen LogP contribution is -2.38. The second kappa shape index (κ2) is 6.74. The number of nitrogens with one attached hydrogen (secondary N) is 1. The molecule has 1 amide bonds. The zero-order chi connectivity index (χ0) is 19.1. The summed E-state index contributed by atoms with van der Waals surface area (Å²) in [6, 6.07) is 5.51. The number of aromatic nitrogens is 3. The van der Waals surface area contributed by atoms with Crippen molar-refractivity contribution in [2.45, 2.75) is 38.6 Å². The molecule has 0 atom stereocenters. The summed E-state index contributed by atoms with van der Waals surface area (Å²) in [5.74, 6) is 1.06. The van der Waals surface area contributed by atoms with Gasteiger partial charge in [-0.15, -0.1) is 0 Å². The molecule has 3 aromatic heterocycles. The molecule has 142 valence electrons. The molecule has 1 aliphatic carbocycles. The number of rotatable bonds is 2. The van der Waals surface area contributed by atoms with Crippen molar-refractivity contribution in [1.82, 2.24) is 19.9 Å². The number of carbonyl (C=O) groups excluding carboxylic acids is 1. The van der Waals surface area contributed by atoms with Crippen LogP contribution in [-0.2, 0) is 25.8 Å². The van der Waals surface area contributed by atoms with Gasteiger partial charge in [-0.1, -0.05) is 0 Å². The molecule has 0 bridgehead atoms. The van der Waals surface area contributed by atoms with Crippen molar-refractivity contribution in [3.8, 4) is 11.5 Å². The van der Waals surface area contributed by atoms with E-state index in [0.29, 0.717) is 25.4 Å². The maximum atomic E-state index is 13.0. The molecule has 0 fully saturated rings. The van der Waals surface area contributed by atoms with Crippen LogP contribution in [0.25, 0.3) is 11.5 Å². The molecule has 2 aliphatic rings. The van der Waals surface area contributed by atoms with E-state index in [2.05, 4.69) is 15.0 Å². The van der Waals surface area contributed by atoms with Gasteiger partial charge in [0.05, 0.1) is 12.1 Å². The van der Waals surface area contributed by atoms with E-state index in [9.17, 15) is 9.59 Å². The number of hydrogen-bond donors (Lipinski definition) is 1. The Hall–Kier alpha value is -3.22. The molecule has 1 aliphatic heterocycles. The number of fused-ring (bicyclic) bond motifs is 2. The number of amides is 1. The van der Waals surface area contributed by atoms with E-state index in [1.807, 2.05) is 12.1 Å². The minimum Gasteiger partial charge on any atom is -0.441 e. The quantitative estimate of drug-likeness (QED) is 0.742. The molecule has 0 saturated heterocycles. The molecule has 28 heavy (non-hydrogen) atoms. The van der Waals surface area contributed by atoms with E-state index >= 15 is 0 Å². The summed E-state index contributed by atoms with van der Waals surface area (Å²) in [6.45, 7) is 0.846. The van der Waals surface area contributed by atoms with Gasteiger partial charge in [0, 0.05) is 31.1 Å². The Morgan fingerprint density at radius 1 is 1.21 bits per heavy atom. The van der Waals surface area contributed by atoms with Crippen LogP contribution in [0.15, 0.2) is 39.8 Å². The molecule has 5 rings (SSSR count). The number of H-pyrrole nitrogens is 1. The molecule has 0 aromatic carbocycles. The van der Waals surface area contributed by atoms with Crippen LogP contribution in [-0.4, -0.2) is 32.3 Å². The third-order valence-electron chi connectivity index (χ3n) is 5.49. The van der Waals surface area contributed by atoms with E-state index in [1.165, 1.54) is 0 Å².